The van der Waals surface area contributed by atoms with Crippen molar-refractivity contribution in [3.63, 3.8) is 0 Å². The van der Waals surface area contributed by atoms with Crippen LogP contribution in [0.4, 0.5) is 11.4 Å². The van der Waals surface area contributed by atoms with Gasteiger partial charge in [-0.3, -0.25) is 9.78 Å². The van der Waals surface area contributed by atoms with Gasteiger partial charge < -0.3 is 26.7 Å². The Bertz CT molecular complexity index is 845. The first kappa shape index (κ1) is 24.6. The van der Waals surface area contributed by atoms with Gasteiger partial charge in [0.15, 0.2) is 0 Å². The summed E-state index contributed by atoms with van der Waals surface area (Å²) in [4.78, 5) is 22.5. The van der Waals surface area contributed by atoms with Gasteiger partial charge >= 0.3 is 0 Å². The van der Waals surface area contributed by atoms with Gasteiger partial charge in [-0.15, -0.1) is 0 Å². The Morgan fingerprint density at radius 2 is 1.71 bits per heavy atom. The molecule has 1 atom stereocenters. The van der Waals surface area contributed by atoms with E-state index >= 15 is 0 Å². The van der Waals surface area contributed by atoms with Crippen LogP contribution in [0.5, 0.6) is 0 Å². The van der Waals surface area contributed by atoms with E-state index < -0.39 is 0 Å². The van der Waals surface area contributed by atoms with Crippen molar-refractivity contribution in [2.45, 2.75) is 58.5 Å². The van der Waals surface area contributed by atoms with E-state index in [-0.39, 0.29) is 23.7 Å². The molecule has 6 N–H and O–H groups in total. The van der Waals surface area contributed by atoms with Gasteiger partial charge in [0.2, 0.25) is 0 Å². The Morgan fingerprint density at radius 1 is 1.03 bits per heavy atom. The Morgan fingerprint density at radius 3 is 2.35 bits per heavy atom. The number of amides is 1. The third kappa shape index (κ3) is 4.99. The summed E-state index contributed by atoms with van der Waals surface area (Å²) in [5.41, 5.74) is 5.53. The Labute approximate surface area is 185 Å². The van der Waals surface area contributed by atoms with Crippen LogP contribution in [0.1, 0.15) is 61.0 Å². The third-order valence-corrected chi connectivity index (χ3v) is 6.31. The van der Waals surface area contributed by atoms with Crippen molar-refractivity contribution in [1.29, 1.82) is 0 Å². The predicted octanol–water partition coefficient (Wildman–Crippen LogP) is 3.50. The van der Waals surface area contributed by atoms with Gasteiger partial charge in [0.1, 0.15) is 6.17 Å². The number of carbonyl (C=O) groups excluding carboxylic acids is 1. The molecule has 0 saturated carbocycles. The van der Waals surface area contributed by atoms with Crippen LogP contribution in [0.15, 0.2) is 36.7 Å². The number of benzene rings is 1. The van der Waals surface area contributed by atoms with Crippen molar-refractivity contribution in [3.8, 4) is 0 Å². The molecule has 2 fully saturated rings. The zero-order valence-electron chi connectivity index (χ0n) is 18.9. The van der Waals surface area contributed by atoms with Crippen LogP contribution < -0.4 is 21.3 Å². The number of hydrogen-bond donors (Lipinski definition) is 2. The first-order valence-electron chi connectivity index (χ1n) is 11.1. The highest BCUT2D eigenvalue weighted by atomic mass is 16.1. The highest BCUT2D eigenvalue weighted by Crippen LogP contribution is 2.34. The lowest BCUT2D eigenvalue weighted by Crippen LogP contribution is -2.45. The van der Waals surface area contributed by atoms with Crippen molar-refractivity contribution in [2.24, 2.45) is 0 Å². The smallest absolute Gasteiger partial charge is 0.253 e. The minimum Gasteiger partial charge on any atom is -0.412 e. The first-order chi connectivity index (χ1) is 14.2. The van der Waals surface area contributed by atoms with Gasteiger partial charge in [-0.05, 0) is 55.7 Å². The molecule has 2 aliphatic rings. The number of rotatable bonds is 6. The Balaban J connectivity index is 0.00000171. The van der Waals surface area contributed by atoms with Crippen LogP contribution in [-0.2, 0) is 12.8 Å². The number of nitrogens with one attached hydrogen (secondary N) is 1. The number of aromatic nitrogens is 1. The van der Waals surface area contributed by atoms with E-state index in [4.69, 9.17) is 0 Å². The number of anilines is 2. The second-order valence-corrected chi connectivity index (χ2v) is 8.04. The van der Waals surface area contributed by atoms with E-state index in [1.165, 1.54) is 18.5 Å². The summed E-state index contributed by atoms with van der Waals surface area (Å²) in [5, 5.41) is 3.35. The zero-order chi connectivity index (χ0) is 20.2. The molecule has 2 saturated heterocycles. The lowest BCUT2D eigenvalue weighted by Gasteiger charge is -2.32. The average Bonchev–Trinajstić information content (AvgIpc) is 3.45. The molecule has 1 aromatic heterocycles. The van der Waals surface area contributed by atoms with Crippen LogP contribution in [0.25, 0.3) is 0 Å². The van der Waals surface area contributed by atoms with Gasteiger partial charge in [-0.25, -0.2) is 0 Å². The van der Waals surface area contributed by atoms with Crippen molar-refractivity contribution in [3.05, 3.63) is 53.3 Å². The topological polar surface area (TPSA) is 115 Å². The van der Waals surface area contributed by atoms with E-state index in [0.717, 1.165) is 67.7 Å². The molecule has 7 heteroatoms. The van der Waals surface area contributed by atoms with Gasteiger partial charge in [-0.1, -0.05) is 32.0 Å². The summed E-state index contributed by atoms with van der Waals surface area (Å²) in [5.74, 6) is 0.0582. The van der Waals surface area contributed by atoms with Crippen LogP contribution >= 0.6 is 0 Å². The van der Waals surface area contributed by atoms with E-state index in [2.05, 4.69) is 58.2 Å². The fraction of sp³-hybridized carbons (Fsp3) is 0.500. The molecule has 0 bridgehead atoms. The maximum atomic E-state index is 13.3. The molecule has 2 aliphatic heterocycles. The molecule has 1 unspecified atom stereocenters. The second-order valence-electron chi connectivity index (χ2n) is 8.04. The molecule has 0 aliphatic carbocycles. The minimum absolute atomic E-state index is 0. The van der Waals surface area contributed by atoms with Gasteiger partial charge in [0.05, 0.1) is 17.6 Å². The summed E-state index contributed by atoms with van der Waals surface area (Å²) in [7, 11) is 0. The monoisotopic (exact) mass is 427 g/mol. The summed E-state index contributed by atoms with van der Waals surface area (Å²) in [6, 6.07) is 8.34. The molecular formula is C24H37N5O2. The van der Waals surface area contributed by atoms with Crippen LogP contribution in [0.2, 0.25) is 0 Å². The fourth-order valence-corrected chi connectivity index (χ4v) is 4.79. The van der Waals surface area contributed by atoms with Crippen molar-refractivity contribution in [1.82, 2.24) is 16.5 Å². The molecular weight excluding hydrogens is 390 g/mol. The molecule has 1 aromatic carbocycles. The Kier molecular flexibility index (Phi) is 8.83. The number of carbonyl (C=O) groups is 1. The minimum atomic E-state index is 0. The predicted molar refractivity (Wildman–Crippen MR) is 127 cm³/mol. The quantitative estimate of drug-likeness (QED) is 0.732. The summed E-state index contributed by atoms with van der Waals surface area (Å²) in [6.45, 7) is 7.39. The zero-order valence-corrected chi connectivity index (χ0v) is 18.9. The molecule has 0 radical (unpaired) electrons. The number of nitrogens with zero attached hydrogens (tertiary/aromatic N) is 3. The molecule has 31 heavy (non-hydrogen) atoms. The largest absolute Gasteiger partial charge is 0.412 e. The highest BCUT2D eigenvalue weighted by molar-refractivity contribution is 5.97. The van der Waals surface area contributed by atoms with E-state index in [1.807, 2.05) is 12.4 Å². The van der Waals surface area contributed by atoms with Gasteiger partial charge in [0, 0.05) is 31.4 Å². The lowest BCUT2D eigenvalue weighted by molar-refractivity contribution is 0.0936. The van der Waals surface area contributed by atoms with E-state index in [9.17, 15) is 4.79 Å². The van der Waals surface area contributed by atoms with Crippen molar-refractivity contribution >= 4 is 17.3 Å². The molecule has 4 rings (SSSR count). The molecule has 2 aromatic rings. The summed E-state index contributed by atoms with van der Waals surface area (Å²) in [6.07, 6.45) is 10.1. The van der Waals surface area contributed by atoms with E-state index in [0.29, 0.717) is 0 Å². The standard InChI is InChI=1S/C24H32N4O.H3N.H2O/c1-3-18-9-7-10-19(4-2)23(18)24(29)26-22-11-8-16-28(22)21-17-25-13-12-20(21)27-14-5-6-15-27;;/h7,9-10,12-13,17,22H,3-6,8,11,14-16H2,1-2H3,(H,26,29);1H3;1H2. The van der Waals surface area contributed by atoms with E-state index in [1.54, 1.807) is 0 Å². The molecule has 0 spiro atoms. The van der Waals surface area contributed by atoms with Crippen molar-refractivity contribution in [2.75, 3.05) is 29.4 Å². The SMILES string of the molecule is CCc1cccc(CC)c1C(=O)NC1CCCN1c1cnccc1N1CCCC1.N.O. The molecule has 170 valence electrons. The van der Waals surface area contributed by atoms with Gasteiger partial charge in [-0.2, -0.15) is 0 Å². The molecule has 3 heterocycles. The second kappa shape index (κ2) is 11.1. The fourth-order valence-electron chi connectivity index (χ4n) is 4.79. The number of aryl methyl sites for hydroxylation is 2. The summed E-state index contributed by atoms with van der Waals surface area (Å²) < 4.78 is 0. The Hall–Kier alpha value is -2.64. The maximum Gasteiger partial charge on any atom is 0.253 e. The van der Waals surface area contributed by atoms with Crippen LogP contribution in [-0.4, -0.2) is 42.2 Å². The van der Waals surface area contributed by atoms with Gasteiger partial charge in [0.25, 0.3) is 5.91 Å². The number of pyridine rings is 1. The molecule has 7 nitrogen and oxygen atoms in total. The first-order valence-corrected chi connectivity index (χ1v) is 11.1. The van der Waals surface area contributed by atoms with Crippen molar-refractivity contribution < 1.29 is 10.3 Å². The van der Waals surface area contributed by atoms with Crippen LogP contribution in [0.3, 0.4) is 0 Å². The lowest BCUT2D eigenvalue weighted by atomic mass is 9.97. The highest BCUT2D eigenvalue weighted by Gasteiger charge is 2.30. The van der Waals surface area contributed by atoms with Crippen LogP contribution in [0, 0.1) is 0 Å². The normalized spacial score (nSPS) is 17.8. The molecule has 1 amide bonds. The maximum absolute atomic E-state index is 13.3. The third-order valence-electron chi connectivity index (χ3n) is 6.31. The summed E-state index contributed by atoms with van der Waals surface area (Å²) >= 11 is 0. The average molecular weight is 428 g/mol. The number of hydrogen-bond acceptors (Lipinski definition) is 5.